The normalized spacial score (nSPS) is 30.2. The molecule has 1 aromatic rings. The fourth-order valence-corrected chi connectivity index (χ4v) is 3.50. The monoisotopic (exact) mass is 331 g/mol. The highest BCUT2D eigenvalue weighted by Crippen LogP contribution is 2.29. The average Bonchev–Trinajstić information content (AvgIpc) is 2.93. The second kappa shape index (κ2) is 7.34. The summed E-state index contributed by atoms with van der Waals surface area (Å²) in [6.45, 7) is 5.25. The Balaban J connectivity index is 1.66. The zero-order valence-corrected chi connectivity index (χ0v) is 14.3. The third kappa shape index (κ3) is 3.61. The highest BCUT2D eigenvalue weighted by Gasteiger charge is 2.40. The number of carbonyl (C=O) groups is 2. The van der Waals surface area contributed by atoms with Gasteiger partial charge in [-0.2, -0.15) is 0 Å². The first-order chi connectivity index (χ1) is 11.6. The maximum atomic E-state index is 12.7. The molecule has 1 aromatic carbocycles. The quantitative estimate of drug-likeness (QED) is 0.851. The maximum absolute atomic E-state index is 12.7. The lowest BCUT2D eigenvalue weighted by molar-refractivity contribution is -0.135. The fraction of sp³-hybridized carbons (Fsp3) is 0.579. The number of hydrogen-bond donors (Lipinski definition) is 0. The highest BCUT2D eigenvalue weighted by molar-refractivity contribution is 5.93. The minimum absolute atomic E-state index is 0.118. The molecule has 0 aromatic heterocycles. The van der Waals surface area contributed by atoms with Crippen molar-refractivity contribution in [2.45, 2.75) is 45.3 Å². The second-order valence-corrected chi connectivity index (χ2v) is 6.92. The molecular weight excluding hydrogens is 306 g/mol. The third-order valence-corrected chi connectivity index (χ3v) is 5.31. The molecule has 24 heavy (non-hydrogen) atoms. The Bertz CT molecular complexity index is 588. The predicted octanol–water partition coefficient (Wildman–Crippen LogP) is 3.03. The lowest BCUT2D eigenvalue weighted by Gasteiger charge is -2.34. The molecule has 2 aliphatic heterocycles. The van der Waals surface area contributed by atoms with Crippen molar-refractivity contribution < 1.29 is 19.1 Å². The Morgan fingerprint density at radius 2 is 2.00 bits per heavy atom. The van der Waals surface area contributed by atoms with E-state index in [9.17, 15) is 9.59 Å². The van der Waals surface area contributed by atoms with Crippen LogP contribution in [-0.4, -0.2) is 42.3 Å². The van der Waals surface area contributed by atoms with E-state index in [1.807, 2.05) is 30.3 Å². The Morgan fingerprint density at radius 3 is 2.75 bits per heavy atom. The first-order valence-corrected chi connectivity index (χ1v) is 8.70. The minimum atomic E-state index is -0.530. The lowest BCUT2D eigenvalue weighted by Crippen LogP contribution is -2.44. The molecule has 0 unspecified atom stereocenters. The summed E-state index contributed by atoms with van der Waals surface area (Å²) in [5.41, 5.74) is 1.09. The van der Waals surface area contributed by atoms with Gasteiger partial charge in [0.15, 0.2) is 0 Å². The molecule has 0 saturated carbocycles. The number of amides is 2. The van der Waals surface area contributed by atoms with E-state index in [-0.39, 0.29) is 31.1 Å². The smallest absolute Gasteiger partial charge is 0.416 e. The molecule has 5 nitrogen and oxygen atoms in total. The van der Waals surface area contributed by atoms with Gasteiger partial charge in [-0.3, -0.25) is 4.79 Å². The van der Waals surface area contributed by atoms with Gasteiger partial charge in [-0.05, 0) is 30.2 Å². The summed E-state index contributed by atoms with van der Waals surface area (Å²) in [4.78, 5) is 26.1. The van der Waals surface area contributed by atoms with Gasteiger partial charge in [-0.25, -0.2) is 9.69 Å². The molecule has 2 amide bonds. The van der Waals surface area contributed by atoms with E-state index in [4.69, 9.17) is 9.47 Å². The molecule has 3 rings (SSSR count). The van der Waals surface area contributed by atoms with Gasteiger partial charge in [0.2, 0.25) is 5.91 Å². The van der Waals surface area contributed by atoms with Crippen LogP contribution in [0.1, 0.15) is 32.3 Å². The average molecular weight is 331 g/mol. The molecule has 130 valence electrons. The van der Waals surface area contributed by atoms with Crippen molar-refractivity contribution in [2.24, 2.45) is 11.8 Å². The van der Waals surface area contributed by atoms with Crippen molar-refractivity contribution >= 4 is 12.0 Å². The summed E-state index contributed by atoms with van der Waals surface area (Å²) < 4.78 is 10.9. The maximum Gasteiger partial charge on any atom is 0.416 e. The SMILES string of the molecule is C[C@H]1[C@@H](C)CCO[C@@H]1CC(=O)N1C(=O)OC[C@H]1Cc1ccccc1. The Morgan fingerprint density at radius 1 is 1.25 bits per heavy atom. The first-order valence-electron chi connectivity index (χ1n) is 8.70. The molecule has 5 heteroatoms. The number of rotatable bonds is 4. The van der Waals surface area contributed by atoms with Crippen molar-refractivity contribution in [3.8, 4) is 0 Å². The number of ether oxygens (including phenoxy) is 2. The Labute approximate surface area is 142 Å². The summed E-state index contributed by atoms with van der Waals surface area (Å²) in [6, 6.07) is 9.63. The van der Waals surface area contributed by atoms with Crippen LogP contribution in [0.25, 0.3) is 0 Å². The molecule has 0 aliphatic carbocycles. The lowest BCUT2D eigenvalue weighted by atomic mass is 9.84. The van der Waals surface area contributed by atoms with E-state index >= 15 is 0 Å². The predicted molar refractivity (Wildman–Crippen MR) is 89.4 cm³/mol. The summed E-state index contributed by atoms with van der Waals surface area (Å²) in [7, 11) is 0. The highest BCUT2D eigenvalue weighted by atomic mass is 16.6. The van der Waals surface area contributed by atoms with Crippen LogP contribution in [0.3, 0.4) is 0 Å². The molecular formula is C19H25NO4. The summed E-state index contributed by atoms with van der Waals surface area (Å²) in [5.74, 6) is 0.653. The van der Waals surface area contributed by atoms with Crippen LogP contribution >= 0.6 is 0 Å². The van der Waals surface area contributed by atoms with Crippen LogP contribution < -0.4 is 0 Å². The van der Waals surface area contributed by atoms with E-state index in [1.54, 1.807) is 0 Å². The Hall–Kier alpha value is -1.88. The first kappa shape index (κ1) is 17.0. The van der Waals surface area contributed by atoms with Crippen LogP contribution in [0.2, 0.25) is 0 Å². The van der Waals surface area contributed by atoms with Gasteiger partial charge in [-0.1, -0.05) is 44.2 Å². The van der Waals surface area contributed by atoms with Crippen LogP contribution in [-0.2, 0) is 20.7 Å². The molecule has 2 saturated heterocycles. The van der Waals surface area contributed by atoms with E-state index < -0.39 is 6.09 Å². The zero-order chi connectivity index (χ0) is 17.1. The number of cyclic esters (lactones) is 1. The standard InChI is InChI=1S/C19H25NO4/c1-13-8-9-23-17(14(13)2)11-18(21)20-16(12-24-19(20)22)10-15-6-4-3-5-7-15/h3-7,13-14,16-17H,8-12H2,1-2H3/t13-,14-,16+,17+/m0/s1. The molecule has 0 bridgehead atoms. The Kier molecular flexibility index (Phi) is 5.19. The van der Waals surface area contributed by atoms with Crippen molar-refractivity contribution in [3.05, 3.63) is 35.9 Å². The van der Waals surface area contributed by atoms with E-state index in [1.165, 1.54) is 4.90 Å². The van der Waals surface area contributed by atoms with Crippen LogP contribution in [0.15, 0.2) is 30.3 Å². The van der Waals surface area contributed by atoms with Gasteiger partial charge in [0, 0.05) is 6.61 Å². The number of nitrogens with zero attached hydrogens (tertiary/aromatic N) is 1. The number of imide groups is 1. The van der Waals surface area contributed by atoms with Crippen molar-refractivity contribution in [1.29, 1.82) is 0 Å². The fourth-order valence-electron chi connectivity index (χ4n) is 3.50. The molecule has 0 spiro atoms. The molecule has 2 fully saturated rings. The van der Waals surface area contributed by atoms with Crippen LogP contribution in [0.4, 0.5) is 4.79 Å². The van der Waals surface area contributed by atoms with Crippen molar-refractivity contribution in [1.82, 2.24) is 4.90 Å². The molecule has 2 aliphatic rings. The summed E-state index contributed by atoms with van der Waals surface area (Å²) in [5, 5.41) is 0. The number of carbonyl (C=O) groups excluding carboxylic acids is 2. The van der Waals surface area contributed by atoms with Gasteiger partial charge in [0.05, 0.1) is 18.6 Å². The summed E-state index contributed by atoms with van der Waals surface area (Å²) in [6.07, 6.45) is 1.24. The van der Waals surface area contributed by atoms with Gasteiger partial charge in [0.25, 0.3) is 0 Å². The number of hydrogen-bond acceptors (Lipinski definition) is 4. The topological polar surface area (TPSA) is 55.8 Å². The van der Waals surface area contributed by atoms with Crippen molar-refractivity contribution in [2.75, 3.05) is 13.2 Å². The largest absolute Gasteiger partial charge is 0.447 e. The van der Waals surface area contributed by atoms with Gasteiger partial charge >= 0.3 is 6.09 Å². The summed E-state index contributed by atoms with van der Waals surface area (Å²) >= 11 is 0. The molecule has 4 atom stereocenters. The molecule has 2 heterocycles. The molecule has 0 N–H and O–H groups in total. The van der Waals surface area contributed by atoms with E-state index in [0.29, 0.717) is 24.9 Å². The van der Waals surface area contributed by atoms with Gasteiger partial charge in [-0.15, -0.1) is 0 Å². The minimum Gasteiger partial charge on any atom is -0.447 e. The third-order valence-electron chi connectivity index (χ3n) is 5.31. The van der Waals surface area contributed by atoms with Crippen LogP contribution in [0.5, 0.6) is 0 Å². The second-order valence-electron chi connectivity index (χ2n) is 6.92. The number of benzene rings is 1. The van der Waals surface area contributed by atoms with Gasteiger partial charge < -0.3 is 9.47 Å². The van der Waals surface area contributed by atoms with Gasteiger partial charge in [0.1, 0.15) is 6.61 Å². The van der Waals surface area contributed by atoms with Crippen molar-refractivity contribution in [3.63, 3.8) is 0 Å². The van der Waals surface area contributed by atoms with E-state index in [0.717, 1.165) is 12.0 Å². The van der Waals surface area contributed by atoms with E-state index in [2.05, 4.69) is 13.8 Å². The molecule has 0 radical (unpaired) electrons. The van der Waals surface area contributed by atoms with Crippen LogP contribution in [0, 0.1) is 11.8 Å². The zero-order valence-electron chi connectivity index (χ0n) is 14.3.